The highest BCUT2D eigenvalue weighted by atomic mass is 16.5. The first-order valence-corrected chi connectivity index (χ1v) is 9.57. The molecule has 7 heteroatoms. The van der Waals surface area contributed by atoms with Gasteiger partial charge in [-0.2, -0.15) is 5.01 Å². The Balaban J connectivity index is 1.64. The number of nitrogens with zero attached hydrogens (tertiary/aromatic N) is 2. The number of para-hydroxylation sites is 1. The van der Waals surface area contributed by atoms with Gasteiger partial charge in [0.15, 0.2) is 12.4 Å². The van der Waals surface area contributed by atoms with Crippen LogP contribution in [0.4, 0.5) is 0 Å². The zero-order valence-corrected chi connectivity index (χ0v) is 16.4. The van der Waals surface area contributed by atoms with E-state index in [1.807, 2.05) is 24.3 Å². The van der Waals surface area contributed by atoms with Gasteiger partial charge in [0.1, 0.15) is 17.2 Å². The van der Waals surface area contributed by atoms with Gasteiger partial charge in [-0.1, -0.05) is 60.7 Å². The third kappa shape index (κ3) is 4.79. The number of nitrogens with one attached hydrogen (secondary N) is 1. The van der Waals surface area contributed by atoms with E-state index in [0.29, 0.717) is 16.9 Å². The first-order valence-electron chi connectivity index (χ1n) is 9.57. The van der Waals surface area contributed by atoms with E-state index < -0.39 is 11.8 Å². The minimum atomic E-state index is -0.527. The van der Waals surface area contributed by atoms with Crippen molar-refractivity contribution in [3.63, 3.8) is 0 Å². The standard InChI is InChI=1S/C24H19N3O4/c28-19-13-11-17(12-14-19)15-21-24(30)26-27(23(25-21)18-7-3-1-4-8-18)22(29)16-31-20-9-5-2-6-10-20/h1-15,28H,16H2,(H,26,30)/b21-15+. The molecule has 3 aromatic rings. The smallest absolute Gasteiger partial charge is 0.288 e. The van der Waals surface area contributed by atoms with Crippen LogP contribution in [0.15, 0.2) is 95.6 Å². The quantitative estimate of drug-likeness (QED) is 0.629. The minimum Gasteiger partial charge on any atom is -0.508 e. The monoisotopic (exact) mass is 413 g/mol. The number of amidine groups is 1. The molecule has 0 unspecified atom stereocenters. The Labute approximate surface area is 178 Å². The fourth-order valence-corrected chi connectivity index (χ4v) is 2.94. The van der Waals surface area contributed by atoms with Crippen LogP contribution in [0.5, 0.6) is 11.5 Å². The van der Waals surface area contributed by atoms with Crippen LogP contribution in [-0.2, 0) is 9.59 Å². The average molecular weight is 413 g/mol. The van der Waals surface area contributed by atoms with E-state index in [-0.39, 0.29) is 23.9 Å². The van der Waals surface area contributed by atoms with E-state index in [4.69, 9.17) is 4.74 Å². The van der Waals surface area contributed by atoms with Crippen LogP contribution < -0.4 is 10.2 Å². The van der Waals surface area contributed by atoms with Gasteiger partial charge >= 0.3 is 0 Å². The molecule has 1 aliphatic rings. The van der Waals surface area contributed by atoms with Crippen molar-refractivity contribution < 1.29 is 19.4 Å². The molecule has 0 atom stereocenters. The van der Waals surface area contributed by atoms with Crippen molar-refractivity contribution in [3.05, 3.63) is 102 Å². The molecule has 0 aliphatic carbocycles. The molecule has 1 aliphatic heterocycles. The molecule has 0 radical (unpaired) electrons. The fraction of sp³-hybridized carbons (Fsp3) is 0.0417. The van der Waals surface area contributed by atoms with Gasteiger partial charge in [-0.05, 0) is 35.9 Å². The van der Waals surface area contributed by atoms with Crippen LogP contribution in [0.2, 0.25) is 0 Å². The van der Waals surface area contributed by atoms with Gasteiger partial charge in [-0.25, -0.2) is 4.99 Å². The van der Waals surface area contributed by atoms with Crippen molar-refractivity contribution in [2.75, 3.05) is 6.61 Å². The summed E-state index contributed by atoms with van der Waals surface area (Å²) in [7, 11) is 0. The lowest BCUT2D eigenvalue weighted by Crippen LogP contribution is -2.54. The number of hydrogen-bond acceptors (Lipinski definition) is 5. The Morgan fingerprint density at radius 3 is 2.29 bits per heavy atom. The molecule has 31 heavy (non-hydrogen) atoms. The van der Waals surface area contributed by atoms with Gasteiger partial charge in [-0.3, -0.25) is 15.0 Å². The van der Waals surface area contributed by atoms with Gasteiger partial charge in [-0.15, -0.1) is 0 Å². The SMILES string of the molecule is O=C1NN(C(=O)COc2ccccc2)C(c2ccccc2)=N/C1=C/c1ccc(O)cc1. The van der Waals surface area contributed by atoms with Crippen LogP contribution in [0.1, 0.15) is 11.1 Å². The second kappa shape index (κ2) is 8.96. The van der Waals surface area contributed by atoms with Gasteiger partial charge in [0.05, 0.1) is 0 Å². The van der Waals surface area contributed by atoms with Gasteiger partial charge in [0.25, 0.3) is 11.8 Å². The number of amides is 2. The predicted octanol–water partition coefficient (Wildman–Crippen LogP) is 3.13. The molecule has 2 N–H and O–H groups in total. The van der Waals surface area contributed by atoms with Crippen molar-refractivity contribution in [3.8, 4) is 11.5 Å². The number of hydrogen-bond donors (Lipinski definition) is 2. The lowest BCUT2D eigenvalue weighted by molar-refractivity contribution is -0.137. The molecular weight excluding hydrogens is 394 g/mol. The molecule has 0 spiro atoms. The van der Waals surface area contributed by atoms with Gasteiger partial charge in [0.2, 0.25) is 0 Å². The van der Waals surface area contributed by atoms with Crippen molar-refractivity contribution in [1.82, 2.24) is 10.4 Å². The number of hydrazine groups is 1. The summed E-state index contributed by atoms with van der Waals surface area (Å²) < 4.78 is 5.54. The Hall–Kier alpha value is -4.39. The number of phenols is 1. The van der Waals surface area contributed by atoms with E-state index in [1.165, 1.54) is 12.1 Å². The Kier molecular flexibility index (Phi) is 5.75. The number of aliphatic imine (C=N–C) groups is 1. The zero-order chi connectivity index (χ0) is 21.6. The molecule has 2 amide bonds. The van der Waals surface area contributed by atoms with Crippen LogP contribution in [0.25, 0.3) is 6.08 Å². The molecule has 0 bridgehead atoms. The van der Waals surface area contributed by atoms with Crippen molar-refractivity contribution in [2.24, 2.45) is 4.99 Å². The lowest BCUT2D eigenvalue weighted by atomic mass is 10.1. The summed E-state index contributed by atoms with van der Waals surface area (Å²) in [5.74, 6) is -0.0413. The highest BCUT2D eigenvalue weighted by Gasteiger charge is 2.30. The molecular formula is C24H19N3O4. The Morgan fingerprint density at radius 2 is 1.61 bits per heavy atom. The van der Waals surface area contributed by atoms with E-state index in [0.717, 1.165) is 5.01 Å². The first-order chi connectivity index (χ1) is 15.1. The summed E-state index contributed by atoms with van der Waals surface area (Å²) in [5, 5.41) is 10.6. The third-order valence-electron chi connectivity index (χ3n) is 4.47. The Bertz CT molecular complexity index is 1140. The molecule has 0 saturated heterocycles. The topological polar surface area (TPSA) is 91.2 Å². The van der Waals surface area contributed by atoms with Crippen LogP contribution in [0, 0.1) is 0 Å². The maximum atomic E-state index is 12.9. The van der Waals surface area contributed by atoms with Gasteiger partial charge < -0.3 is 9.84 Å². The van der Waals surface area contributed by atoms with E-state index >= 15 is 0 Å². The summed E-state index contributed by atoms with van der Waals surface area (Å²) in [6, 6.07) is 24.4. The largest absolute Gasteiger partial charge is 0.508 e. The number of aromatic hydroxyl groups is 1. The van der Waals surface area contributed by atoms with E-state index in [2.05, 4.69) is 10.4 Å². The van der Waals surface area contributed by atoms with E-state index in [9.17, 15) is 14.7 Å². The maximum absolute atomic E-state index is 12.9. The molecule has 0 saturated carbocycles. The highest BCUT2D eigenvalue weighted by Crippen LogP contribution is 2.18. The molecule has 0 aromatic heterocycles. The summed E-state index contributed by atoms with van der Waals surface area (Å²) >= 11 is 0. The summed E-state index contributed by atoms with van der Waals surface area (Å²) in [6.45, 7) is -0.271. The van der Waals surface area contributed by atoms with Gasteiger partial charge in [0, 0.05) is 5.56 Å². The highest BCUT2D eigenvalue weighted by molar-refractivity contribution is 6.15. The molecule has 7 nitrogen and oxygen atoms in total. The zero-order valence-electron chi connectivity index (χ0n) is 16.4. The number of ether oxygens (including phenoxy) is 1. The third-order valence-corrected chi connectivity index (χ3v) is 4.47. The number of benzene rings is 3. The summed E-state index contributed by atoms with van der Waals surface area (Å²) in [5.41, 5.74) is 4.08. The minimum absolute atomic E-state index is 0.124. The second-order valence-corrected chi connectivity index (χ2v) is 6.69. The Morgan fingerprint density at radius 1 is 0.968 bits per heavy atom. The number of carbonyl (C=O) groups is 2. The fourth-order valence-electron chi connectivity index (χ4n) is 2.94. The van der Waals surface area contributed by atoms with E-state index in [1.54, 1.807) is 54.6 Å². The maximum Gasteiger partial charge on any atom is 0.288 e. The molecule has 1 heterocycles. The average Bonchev–Trinajstić information content (AvgIpc) is 2.81. The molecule has 4 rings (SSSR count). The molecule has 3 aromatic carbocycles. The second-order valence-electron chi connectivity index (χ2n) is 6.69. The number of rotatable bonds is 5. The summed E-state index contributed by atoms with van der Waals surface area (Å²) in [4.78, 5) is 30.0. The number of carbonyl (C=O) groups excluding carboxylic acids is 2. The normalized spacial score (nSPS) is 14.7. The van der Waals surface area contributed by atoms with Crippen LogP contribution >= 0.6 is 0 Å². The molecule has 154 valence electrons. The van der Waals surface area contributed by atoms with Crippen molar-refractivity contribution >= 4 is 23.7 Å². The number of phenolic OH excluding ortho intramolecular Hbond substituents is 1. The molecule has 0 fully saturated rings. The van der Waals surface area contributed by atoms with Crippen molar-refractivity contribution in [2.45, 2.75) is 0 Å². The first kappa shape index (κ1) is 19.9. The van der Waals surface area contributed by atoms with Crippen LogP contribution in [0.3, 0.4) is 0 Å². The van der Waals surface area contributed by atoms with Crippen molar-refractivity contribution in [1.29, 1.82) is 0 Å². The lowest BCUT2D eigenvalue weighted by Gasteiger charge is -2.28. The summed E-state index contributed by atoms with van der Waals surface area (Å²) in [6.07, 6.45) is 1.58. The van der Waals surface area contributed by atoms with Crippen LogP contribution in [-0.4, -0.2) is 34.4 Å². The predicted molar refractivity (Wildman–Crippen MR) is 116 cm³/mol.